The van der Waals surface area contributed by atoms with Gasteiger partial charge < -0.3 is 18.5 Å². The Morgan fingerprint density at radius 1 is 1.25 bits per heavy atom. The standard InChI is InChI=1S/C13H25O6P/c1-4-17-20(15,18-5-2)9-8-12-6-7-13(10-16-12)19-11(3)14/h12-13H,4-10H2,1-3H3. The van der Waals surface area contributed by atoms with Gasteiger partial charge in [0.2, 0.25) is 0 Å². The van der Waals surface area contributed by atoms with Crippen LogP contribution in [0.15, 0.2) is 0 Å². The Bertz CT molecular complexity index is 328. The Labute approximate surface area is 120 Å². The van der Waals surface area contributed by atoms with Crippen LogP contribution < -0.4 is 0 Å². The smallest absolute Gasteiger partial charge is 0.330 e. The molecule has 0 aliphatic carbocycles. The Balaban J connectivity index is 2.32. The highest BCUT2D eigenvalue weighted by Crippen LogP contribution is 2.49. The maximum atomic E-state index is 12.3. The van der Waals surface area contributed by atoms with Gasteiger partial charge in [0, 0.05) is 6.92 Å². The molecular formula is C13H25O6P. The third-order valence-electron chi connectivity index (χ3n) is 3.04. The molecule has 0 spiro atoms. The molecule has 1 saturated heterocycles. The largest absolute Gasteiger partial charge is 0.460 e. The van der Waals surface area contributed by atoms with Gasteiger partial charge in [-0.1, -0.05) is 0 Å². The van der Waals surface area contributed by atoms with E-state index < -0.39 is 7.60 Å². The zero-order valence-corrected chi connectivity index (χ0v) is 13.4. The first-order chi connectivity index (χ1) is 9.49. The zero-order valence-electron chi connectivity index (χ0n) is 12.5. The monoisotopic (exact) mass is 308 g/mol. The van der Waals surface area contributed by atoms with Crippen LogP contribution in [-0.4, -0.2) is 44.2 Å². The van der Waals surface area contributed by atoms with Gasteiger partial charge in [0.05, 0.1) is 32.1 Å². The van der Waals surface area contributed by atoms with Gasteiger partial charge in [-0.3, -0.25) is 9.36 Å². The van der Waals surface area contributed by atoms with Gasteiger partial charge in [0.15, 0.2) is 0 Å². The molecule has 1 rings (SSSR count). The molecule has 0 aromatic carbocycles. The molecule has 0 radical (unpaired) electrons. The van der Waals surface area contributed by atoms with Gasteiger partial charge in [-0.2, -0.15) is 0 Å². The molecule has 0 bridgehead atoms. The molecule has 0 N–H and O–H groups in total. The summed E-state index contributed by atoms with van der Waals surface area (Å²) in [6.07, 6.45) is 2.42. The Kier molecular flexibility index (Phi) is 7.74. The van der Waals surface area contributed by atoms with Gasteiger partial charge in [0.25, 0.3) is 0 Å². The van der Waals surface area contributed by atoms with Gasteiger partial charge in [-0.15, -0.1) is 0 Å². The first kappa shape index (κ1) is 17.6. The second-order valence-corrected chi connectivity index (χ2v) is 6.91. The van der Waals surface area contributed by atoms with Gasteiger partial charge in [-0.25, -0.2) is 0 Å². The van der Waals surface area contributed by atoms with Crippen LogP contribution in [0.2, 0.25) is 0 Å². The summed E-state index contributed by atoms with van der Waals surface area (Å²) in [6, 6.07) is 0. The van der Waals surface area contributed by atoms with Crippen LogP contribution in [-0.2, 0) is 27.9 Å². The Hall–Kier alpha value is -0.420. The summed E-state index contributed by atoms with van der Waals surface area (Å²) in [7, 11) is -2.99. The molecular weight excluding hydrogens is 283 g/mol. The van der Waals surface area contributed by atoms with Crippen molar-refractivity contribution in [3.63, 3.8) is 0 Å². The highest BCUT2D eigenvalue weighted by molar-refractivity contribution is 7.53. The van der Waals surface area contributed by atoms with Crippen molar-refractivity contribution in [2.24, 2.45) is 0 Å². The maximum Gasteiger partial charge on any atom is 0.330 e. The molecule has 0 amide bonds. The van der Waals surface area contributed by atoms with Crippen LogP contribution in [0.3, 0.4) is 0 Å². The molecule has 7 heteroatoms. The fourth-order valence-corrected chi connectivity index (χ4v) is 3.92. The average molecular weight is 308 g/mol. The van der Waals surface area contributed by atoms with Gasteiger partial charge >= 0.3 is 13.6 Å². The van der Waals surface area contributed by atoms with E-state index in [9.17, 15) is 9.36 Å². The molecule has 0 aromatic rings. The van der Waals surface area contributed by atoms with Crippen LogP contribution in [0.5, 0.6) is 0 Å². The Morgan fingerprint density at radius 2 is 1.90 bits per heavy atom. The van der Waals surface area contributed by atoms with Crippen LogP contribution in [0.1, 0.15) is 40.0 Å². The third kappa shape index (κ3) is 6.35. The molecule has 0 aromatic heterocycles. The molecule has 1 aliphatic heterocycles. The third-order valence-corrected chi connectivity index (χ3v) is 5.15. The molecule has 1 aliphatic rings. The van der Waals surface area contributed by atoms with E-state index in [-0.39, 0.29) is 18.2 Å². The minimum absolute atomic E-state index is 0.0241. The molecule has 20 heavy (non-hydrogen) atoms. The number of rotatable bonds is 8. The van der Waals surface area contributed by atoms with E-state index in [0.717, 1.165) is 12.8 Å². The molecule has 118 valence electrons. The number of ether oxygens (including phenoxy) is 2. The maximum absolute atomic E-state index is 12.3. The van der Waals surface area contributed by atoms with E-state index in [4.69, 9.17) is 18.5 Å². The summed E-state index contributed by atoms with van der Waals surface area (Å²) >= 11 is 0. The van der Waals surface area contributed by atoms with Crippen molar-refractivity contribution in [1.82, 2.24) is 0 Å². The summed E-state index contributed by atoms with van der Waals surface area (Å²) in [5, 5.41) is 0. The van der Waals surface area contributed by atoms with E-state index in [1.165, 1.54) is 6.92 Å². The summed E-state index contributed by atoms with van der Waals surface area (Å²) in [4.78, 5) is 10.8. The highest BCUT2D eigenvalue weighted by Gasteiger charge is 2.28. The van der Waals surface area contributed by atoms with E-state index in [2.05, 4.69) is 0 Å². The minimum Gasteiger partial charge on any atom is -0.460 e. The lowest BCUT2D eigenvalue weighted by atomic mass is 10.1. The van der Waals surface area contributed by atoms with Crippen molar-refractivity contribution in [2.45, 2.75) is 52.2 Å². The number of carbonyl (C=O) groups excluding carboxylic acids is 1. The van der Waals surface area contributed by atoms with Crippen molar-refractivity contribution < 1.29 is 27.9 Å². The normalized spacial score (nSPS) is 23.6. The van der Waals surface area contributed by atoms with Crippen molar-refractivity contribution in [1.29, 1.82) is 0 Å². The average Bonchev–Trinajstić information content (AvgIpc) is 2.38. The van der Waals surface area contributed by atoms with Crippen LogP contribution in [0.25, 0.3) is 0 Å². The van der Waals surface area contributed by atoms with Crippen molar-refractivity contribution in [2.75, 3.05) is 26.0 Å². The number of carbonyl (C=O) groups is 1. The van der Waals surface area contributed by atoms with Crippen molar-refractivity contribution >= 4 is 13.6 Å². The predicted octanol–water partition coefficient (Wildman–Crippen LogP) is 2.75. The number of hydrogen-bond acceptors (Lipinski definition) is 6. The molecule has 2 unspecified atom stereocenters. The van der Waals surface area contributed by atoms with Gasteiger partial charge in [-0.05, 0) is 33.1 Å². The zero-order chi connectivity index (χ0) is 15.0. The fourth-order valence-electron chi connectivity index (χ4n) is 2.20. The van der Waals surface area contributed by atoms with Crippen molar-refractivity contribution in [3.05, 3.63) is 0 Å². The predicted molar refractivity (Wildman–Crippen MR) is 74.9 cm³/mol. The lowest BCUT2D eigenvalue weighted by Gasteiger charge is -2.29. The van der Waals surface area contributed by atoms with E-state index in [1.54, 1.807) is 13.8 Å². The summed E-state index contributed by atoms with van der Waals surface area (Å²) in [6.45, 7) is 6.14. The lowest BCUT2D eigenvalue weighted by Crippen LogP contribution is -2.33. The SMILES string of the molecule is CCOP(=O)(CCC1CCC(OC(C)=O)CO1)OCC. The topological polar surface area (TPSA) is 71.1 Å². The molecule has 1 heterocycles. The summed E-state index contributed by atoms with van der Waals surface area (Å²) in [5.74, 6) is -0.283. The second-order valence-electron chi connectivity index (χ2n) is 4.72. The second kappa shape index (κ2) is 8.78. The van der Waals surface area contributed by atoms with Gasteiger partial charge in [0.1, 0.15) is 6.10 Å². The molecule has 0 saturated carbocycles. The minimum atomic E-state index is -2.99. The molecule has 2 atom stereocenters. The summed E-state index contributed by atoms with van der Waals surface area (Å²) < 4.78 is 33.5. The lowest BCUT2D eigenvalue weighted by molar-refractivity contribution is -0.156. The van der Waals surface area contributed by atoms with E-state index in [1.807, 2.05) is 0 Å². The number of esters is 1. The first-order valence-electron chi connectivity index (χ1n) is 7.16. The molecule has 1 fully saturated rings. The van der Waals surface area contributed by atoms with E-state index >= 15 is 0 Å². The molecule has 6 nitrogen and oxygen atoms in total. The van der Waals surface area contributed by atoms with Crippen LogP contribution in [0, 0.1) is 0 Å². The number of hydrogen-bond donors (Lipinski definition) is 0. The van der Waals surface area contributed by atoms with E-state index in [0.29, 0.717) is 32.4 Å². The highest BCUT2D eigenvalue weighted by atomic mass is 31.2. The van der Waals surface area contributed by atoms with Crippen molar-refractivity contribution in [3.8, 4) is 0 Å². The first-order valence-corrected chi connectivity index (χ1v) is 8.88. The van der Waals surface area contributed by atoms with Crippen LogP contribution in [0.4, 0.5) is 0 Å². The van der Waals surface area contributed by atoms with Crippen LogP contribution >= 0.6 is 7.60 Å². The fraction of sp³-hybridized carbons (Fsp3) is 0.923. The Morgan fingerprint density at radius 3 is 2.35 bits per heavy atom. The summed E-state index contributed by atoms with van der Waals surface area (Å²) in [5.41, 5.74) is 0. The quantitative estimate of drug-likeness (QED) is 0.507.